The van der Waals surface area contributed by atoms with Gasteiger partial charge in [-0.1, -0.05) is 0 Å². The van der Waals surface area contributed by atoms with Gasteiger partial charge in [0.25, 0.3) is 0 Å². The Kier molecular flexibility index (Phi) is 5.37. The van der Waals surface area contributed by atoms with Crippen molar-refractivity contribution in [2.75, 3.05) is 32.6 Å². The van der Waals surface area contributed by atoms with Crippen LogP contribution < -0.4 is 19.7 Å². The Bertz CT molecular complexity index is 996. The van der Waals surface area contributed by atoms with Crippen molar-refractivity contribution < 1.29 is 14.4 Å². The lowest BCUT2D eigenvalue weighted by Crippen LogP contribution is -3.08. The molecule has 1 fully saturated rings. The van der Waals surface area contributed by atoms with Gasteiger partial charge in [-0.3, -0.25) is 0 Å². The Balaban J connectivity index is 1.73. The third kappa shape index (κ3) is 3.64. The SMILES string of the molecule is COc1ccc(Nc2nc(C[NH+]3CCCC3)nc3sc(C)c(C)c23)cc1OC. The lowest BCUT2D eigenvalue weighted by atomic mass is 10.2. The molecule has 0 amide bonds. The molecule has 0 unspecified atom stereocenters. The van der Waals surface area contributed by atoms with Crippen molar-refractivity contribution in [3.05, 3.63) is 34.5 Å². The molecule has 2 aromatic heterocycles. The van der Waals surface area contributed by atoms with Crippen LogP contribution in [0.1, 0.15) is 29.1 Å². The first-order valence-corrected chi connectivity index (χ1v) is 10.5. The maximum absolute atomic E-state index is 5.44. The van der Waals surface area contributed by atoms with Gasteiger partial charge in [0.05, 0.1) is 32.7 Å². The third-order valence-electron chi connectivity index (χ3n) is 5.44. The van der Waals surface area contributed by atoms with Crippen molar-refractivity contribution in [3.8, 4) is 11.5 Å². The zero-order valence-corrected chi connectivity index (χ0v) is 17.7. The van der Waals surface area contributed by atoms with E-state index in [1.54, 1.807) is 30.5 Å². The Morgan fingerprint density at radius 2 is 1.82 bits per heavy atom. The molecule has 4 rings (SSSR count). The zero-order valence-electron chi connectivity index (χ0n) is 16.9. The lowest BCUT2D eigenvalue weighted by molar-refractivity contribution is -0.902. The largest absolute Gasteiger partial charge is 0.493 e. The molecular weight excluding hydrogens is 372 g/mol. The van der Waals surface area contributed by atoms with Gasteiger partial charge in [-0.25, -0.2) is 9.97 Å². The van der Waals surface area contributed by atoms with Crippen molar-refractivity contribution in [1.82, 2.24) is 9.97 Å². The van der Waals surface area contributed by atoms with E-state index in [1.165, 1.54) is 36.4 Å². The van der Waals surface area contributed by atoms with Crippen molar-refractivity contribution in [2.24, 2.45) is 0 Å². The number of quaternary nitrogens is 1. The predicted molar refractivity (Wildman–Crippen MR) is 113 cm³/mol. The molecule has 0 spiro atoms. The molecule has 0 bridgehead atoms. The van der Waals surface area contributed by atoms with E-state index in [-0.39, 0.29) is 0 Å². The van der Waals surface area contributed by atoms with Crippen LogP contribution in [0.15, 0.2) is 18.2 Å². The molecule has 6 nitrogen and oxygen atoms in total. The van der Waals surface area contributed by atoms with E-state index in [4.69, 9.17) is 19.4 Å². The second kappa shape index (κ2) is 7.93. The van der Waals surface area contributed by atoms with Gasteiger partial charge in [-0.15, -0.1) is 11.3 Å². The molecule has 0 radical (unpaired) electrons. The molecule has 1 aliphatic rings. The molecule has 3 aromatic rings. The Hall–Kier alpha value is -2.38. The Morgan fingerprint density at radius 3 is 2.54 bits per heavy atom. The summed E-state index contributed by atoms with van der Waals surface area (Å²) in [6.45, 7) is 7.59. The number of fused-ring (bicyclic) bond motifs is 1. The van der Waals surface area contributed by atoms with Crippen LogP contribution in [0.2, 0.25) is 0 Å². The van der Waals surface area contributed by atoms with E-state index in [0.717, 1.165) is 34.1 Å². The number of anilines is 2. The minimum absolute atomic E-state index is 0.692. The van der Waals surface area contributed by atoms with Gasteiger partial charge < -0.3 is 19.7 Å². The molecular formula is C21H27N4O2S+. The van der Waals surface area contributed by atoms with Crippen molar-refractivity contribution in [1.29, 1.82) is 0 Å². The van der Waals surface area contributed by atoms with E-state index in [9.17, 15) is 0 Å². The third-order valence-corrected chi connectivity index (χ3v) is 6.54. The van der Waals surface area contributed by atoms with E-state index in [0.29, 0.717) is 11.5 Å². The highest BCUT2D eigenvalue weighted by atomic mass is 32.1. The maximum atomic E-state index is 5.44. The summed E-state index contributed by atoms with van der Waals surface area (Å²) < 4.78 is 10.8. The smallest absolute Gasteiger partial charge is 0.187 e. The summed E-state index contributed by atoms with van der Waals surface area (Å²) in [4.78, 5) is 13.7. The summed E-state index contributed by atoms with van der Waals surface area (Å²) in [7, 11) is 3.29. The van der Waals surface area contributed by atoms with Crippen molar-refractivity contribution in [3.63, 3.8) is 0 Å². The van der Waals surface area contributed by atoms with Gasteiger partial charge in [-0.05, 0) is 31.5 Å². The highest BCUT2D eigenvalue weighted by Gasteiger charge is 2.20. The number of methoxy groups -OCH3 is 2. The van der Waals surface area contributed by atoms with Crippen LogP contribution in [0.5, 0.6) is 11.5 Å². The second-order valence-electron chi connectivity index (χ2n) is 7.28. The average Bonchev–Trinajstić information content (AvgIpc) is 3.29. The molecule has 3 heterocycles. The van der Waals surface area contributed by atoms with E-state index in [1.807, 2.05) is 18.2 Å². The number of thiophene rings is 1. The summed E-state index contributed by atoms with van der Waals surface area (Å²) in [6.07, 6.45) is 2.59. The molecule has 7 heteroatoms. The van der Waals surface area contributed by atoms with Gasteiger partial charge in [0.1, 0.15) is 17.2 Å². The maximum Gasteiger partial charge on any atom is 0.187 e. The molecule has 0 atom stereocenters. The fourth-order valence-electron chi connectivity index (χ4n) is 3.79. The van der Waals surface area contributed by atoms with Gasteiger partial charge in [-0.2, -0.15) is 0 Å². The number of ether oxygens (including phenoxy) is 2. The fourth-order valence-corrected chi connectivity index (χ4v) is 4.84. The topological polar surface area (TPSA) is 60.7 Å². The Morgan fingerprint density at radius 1 is 1.07 bits per heavy atom. The van der Waals surface area contributed by atoms with Crippen LogP contribution in [0, 0.1) is 13.8 Å². The molecule has 2 N–H and O–H groups in total. The van der Waals surface area contributed by atoms with Gasteiger partial charge in [0.15, 0.2) is 17.3 Å². The summed E-state index contributed by atoms with van der Waals surface area (Å²) in [5, 5.41) is 4.61. The molecule has 0 saturated carbocycles. The summed E-state index contributed by atoms with van der Waals surface area (Å²) in [6, 6.07) is 5.82. The number of aryl methyl sites for hydroxylation is 2. The Labute approximate surface area is 169 Å². The fraction of sp³-hybridized carbons (Fsp3) is 0.429. The first-order valence-electron chi connectivity index (χ1n) is 9.68. The lowest BCUT2D eigenvalue weighted by Gasteiger charge is -2.14. The van der Waals surface area contributed by atoms with Crippen LogP contribution in [-0.2, 0) is 6.54 Å². The first-order chi connectivity index (χ1) is 13.6. The van der Waals surface area contributed by atoms with E-state index >= 15 is 0 Å². The number of hydrogen-bond acceptors (Lipinski definition) is 6. The number of aromatic nitrogens is 2. The average molecular weight is 400 g/mol. The minimum atomic E-state index is 0.692. The number of nitrogens with zero attached hydrogens (tertiary/aromatic N) is 2. The monoisotopic (exact) mass is 399 g/mol. The summed E-state index contributed by atoms with van der Waals surface area (Å²) in [5.41, 5.74) is 2.16. The van der Waals surface area contributed by atoms with Crippen molar-refractivity contribution >= 4 is 33.1 Å². The highest BCUT2D eigenvalue weighted by Crippen LogP contribution is 2.36. The van der Waals surface area contributed by atoms with Crippen LogP contribution in [0.4, 0.5) is 11.5 Å². The molecule has 1 aliphatic heterocycles. The first kappa shape index (κ1) is 19.0. The van der Waals surface area contributed by atoms with Crippen LogP contribution in [0.25, 0.3) is 10.2 Å². The summed E-state index contributed by atoms with van der Waals surface area (Å²) >= 11 is 1.74. The number of benzene rings is 1. The van der Waals surface area contributed by atoms with Crippen LogP contribution >= 0.6 is 11.3 Å². The van der Waals surface area contributed by atoms with Gasteiger partial charge >= 0.3 is 0 Å². The second-order valence-corrected chi connectivity index (χ2v) is 8.48. The molecule has 1 aromatic carbocycles. The van der Waals surface area contributed by atoms with E-state index < -0.39 is 0 Å². The number of rotatable bonds is 6. The molecule has 28 heavy (non-hydrogen) atoms. The van der Waals surface area contributed by atoms with Gasteiger partial charge in [0.2, 0.25) is 0 Å². The summed E-state index contributed by atoms with van der Waals surface area (Å²) in [5.74, 6) is 3.18. The molecule has 1 saturated heterocycles. The van der Waals surface area contributed by atoms with E-state index in [2.05, 4.69) is 19.2 Å². The quantitative estimate of drug-likeness (QED) is 0.666. The molecule has 148 valence electrons. The predicted octanol–water partition coefficient (Wildman–Crippen LogP) is 3.25. The minimum Gasteiger partial charge on any atom is -0.493 e. The van der Waals surface area contributed by atoms with Crippen LogP contribution in [-0.4, -0.2) is 37.3 Å². The van der Waals surface area contributed by atoms with Crippen LogP contribution in [0.3, 0.4) is 0 Å². The van der Waals surface area contributed by atoms with Gasteiger partial charge in [0, 0.05) is 29.5 Å². The number of nitrogens with one attached hydrogen (secondary N) is 2. The molecule has 0 aliphatic carbocycles. The van der Waals surface area contributed by atoms with Crippen molar-refractivity contribution in [2.45, 2.75) is 33.2 Å². The normalized spacial score (nSPS) is 14.6. The standard InChI is InChI=1S/C21H26N4O2S/c1-13-14(2)28-21-19(13)20(23-18(24-21)12-25-9-5-6-10-25)22-15-7-8-16(26-3)17(11-15)27-4/h7-8,11H,5-6,9-10,12H2,1-4H3,(H,22,23,24)/p+1. The number of hydrogen-bond donors (Lipinski definition) is 2. The highest BCUT2D eigenvalue weighted by molar-refractivity contribution is 7.18. The number of likely N-dealkylation sites (tertiary alicyclic amines) is 1. The zero-order chi connectivity index (χ0) is 19.7.